The zero-order chi connectivity index (χ0) is 7.11. The van der Waals surface area contributed by atoms with E-state index < -0.39 is 0 Å². The first kappa shape index (κ1) is 8.28. The van der Waals surface area contributed by atoms with E-state index in [0.29, 0.717) is 0 Å². The molecule has 0 aliphatic carbocycles. The van der Waals surface area contributed by atoms with Gasteiger partial charge in [-0.2, -0.15) is 0 Å². The highest BCUT2D eigenvalue weighted by Gasteiger charge is 1.82. The van der Waals surface area contributed by atoms with Crippen LogP contribution in [0.4, 0.5) is 0 Å². The fourth-order valence-corrected chi connectivity index (χ4v) is 0.668. The molecule has 1 nitrogen and oxygen atoms in total. The predicted octanol–water partition coefficient (Wildman–Crippen LogP) is 2.42. The van der Waals surface area contributed by atoms with Crippen LogP contribution in [0, 0.1) is 0 Å². The molecule has 0 aliphatic heterocycles. The van der Waals surface area contributed by atoms with Crippen LogP contribution in [-0.2, 0) is 0 Å². The van der Waals surface area contributed by atoms with Crippen LogP contribution in [0.5, 0.6) is 0 Å². The normalized spacial score (nSPS) is 11.1. The number of hydrogen-bond donors (Lipinski definition) is 1. The molecular weight excluding hydrogens is 110 g/mol. The zero-order valence-corrected chi connectivity index (χ0v) is 6.28. The SMILES string of the molecule is C=CN/C=C(\C)CCC. The van der Waals surface area contributed by atoms with Crippen LogP contribution in [0.1, 0.15) is 26.7 Å². The fourth-order valence-electron chi connectivity index (χ4n) is 0.668. The smallest absolute Gasteiger partial charge is 0.000664 e. The first-order valence-corrected chi connectivity index (χ1v) is 3.33. The molecule has 1 heteroatoms. The van der Waals surface area contributed by atoms with Gasteiger partial charge in [-0.3, -0.25) is 0 Å². The molecule has 0 rings (SSSR count). The minimum Gasteiger partial charge on any atom is -0.368 e. The summed E-state index contributed by atoms with van der Waals surface area (Å²) in [5.74, 6) is 0. The second kappa shape index (κ2) is 5.42. The zero-order valence-electron chi connectivity index (χ0n) is 6.28. The highest BCUT2D eigenvalue weighted by Crippen LogP contribution is 1.99. The summed E-state index contributed by atoms with van der Waals surface area (Å²) in [5.41, 5.74) is 1.37. The van der Waals surface area contributed by atoms with Crippen molar-refractivity contribution < 1.29 is 0 Å². The molecule has 0 aliphatic rings. The van der Waals surface area contributed by atoms with Crippen LogP contribution in [0.25, 0.3) is 0 Å². The van der Waals surface area contributed by atoms with Gasteiger partial charge in [-0.15, -0.1) is 0 Å². The van der Waals surface area contributed by atoms with Gasteiger partial charge in [0.25, 0.3) is 0 Å². The molecule has 0 amide bonds. The van der Waals surface area contributed by atoms with Gasteiger partial charge < -0.3 is 5.32 Å². The molecule has 0 aromatic rings. The van der Waals surface area contributed by atoms with E-state index in [1.54, 1.807) is 6.20 Å². The Morgan fingerprint density at radius 2 is 2.33 bits per heavy atom. The van der Waals surface area contributed by atoms with Crippen molar-refractivity contribution in [3.63, 3.8) is 0 Å². The minimum atomic E-state index is 1.17. The van der Waals surface area contributed by atoms with E-state index >= 15 is 0 Å². The highest BCUT2D eigenvalue weighted by molar-refractivity contribution is 4.97. The summed E-state index contributed by atoms with van der Waals surface area (Å²) in [7, 11) is 0. The lowest BCUT2D eigenvalue weighted by molar-refractivity contribution is 0.892. The van der Waals surface area contributed by atoms with Crippen molar-refractivity contribution >= 4 is 0 Å². The summed E-state index contributed by atoms with van der Waals surface area (Å²) < 4.78 is 0. The third-order valence-corrected chi connectivity index (χ3v) is 1.09. The summed E-state index contributed by atoms with van der Waals surface area (Å²) in [5, 5.41) is 2.93. The summed E-state index contributed by atoms with van der Waals surface area (Å²) >= 11 is 0. The molecule has 0 atom stereocenters. The second-order valence-electron chi connectivity index (χ2n) is 2.11. The van der Waals surface area contributed by atoms with Gasteiger partial charge in [0, 0.05) is 0 Å². The molecule has 0 radical (unpaired) electrons. The van der Waals surface area contributed by atoms with Gasteiger partial charge in [-0.25, -0.2) is 0 Å². The summed E-state index contributed by atoms with van der Waals surface area (Å²) in [6.07, 6.45) is 6.04. The van der Waals surface area contributed by atoms with Crippen molar-refractivity contribution in [3.8, 4) is 0 Å². The first-order valence-electron chi connectivity index (χ1n) is 3.33. The van der Waals surface area contributed by atoms with E-state index in [4.69, 9.17) is 0 Å². The molecule has 0 saturated carbocycles. The van der Waals surface area contributed by atoms with Crippen molar-refractivity contribution in [1.82, 2.24) is 5.32 Å². The van der Waals surface area contributed by atoms with E-state index in [0.717, 1.165) is 0 Å². The van der Waals surface area contributed by atoms with Crippen LogP contribution in [0.3, 0.4) is 0 Å². The van der Waals surface area contributed by atoms with Crippen LogP contribution < -0.4 is 5.32 Å². The van der Waals surface area contributed by atoms with Crippen LogP contribution in [-0.4, -0.2) is 0 Å². The van der Waals surface area contributed by atoms with E-state index in [9.17, 15) is 0 Å². The lowest BCUT2D eigenvalue weighted by Gasteiger charge is -1.95. The summed E-state index contributed by atoms with van der Waals surface area (Å²) in [4.78, 5) is 0. The number of rotatable bonds is 4. The minimum absolute atomic E-state index is 1.17. The predicted molar refractivity (Wildman–Crippen MR) is 42.0 cm³/mol. The lowest BCUT2D eigenvalue weighted by Crippen LogP contribution is -1.92. The molecule has 0 unspecified atom stereocenters. The number of nitrogens with one attached hydrogen (secondary N) is 1. The molecule has 9 heavy (non-hydrogen) atoms. The molecule has 0 spiro atoms. The Bertz CT molecular complexity index is 103. The standard InChI is InChI=1S/C8H15N/c1-4-6-8(3)7-9-5-2/h5,7,9H,2,4,6H2,1,3H3/b8-7+. The van der Waals surface area contributed by atoms with Gasteiger partial charge in [0.15, 0.2) is 0 Å². The van der Waals surface area contributed by atoms with Crippen LogP contribution in [0.15, 0.2) is 24.6 Å². The van der Waals surface area contributed by atoms with Crippen molar-refractivity contribution in [2.24, 2.45) is 0 Å². The molecular formula is C8H15N. The fraction of sp³-hybridized carbons (Fsp3) is 0.500. The van der Waals surface area contributed by atoms with Gasteiger partial charge in [0.2, 0.25) is 0 Å². The van der Waals surface area contributed by atoms with E-state index in [2.05, 4.69) is 25.7 Å². The molecule has 0 aromatic carbocycles. The van der Waals surface area contributed by atoms with Crippen molar-refractivity contribution in [2.75, 3.05) is 0 Å². The van der Waals surface area contributed by atoms with Gasteiger partial charge in [0.1, 0.15) is 0 Å². The van der Waals surface area contributed by atoms with Crippen LogP contribution >= 0.6 is 0 Å². The van der Waals surface area contributed by atoms with E-state index in [-0.39, 0.29) is 0 Å². The highest BCUT2D eigenvalue weighted by atomic mass is 14.8. The Kier molecular flexibility index (Phi) is 4.98. The summed E-state index contributed by atoms with van der Waals surface area (Å²) in [6.45, 7) is 7.82. The maximum absolute atomic E-state index is 3.54. The molecule has 0 heterocycles. The Labute approximate surface area is 57.5 Å². The second-order valence-corrected chi connectivity index (χ2v) is 2.11. The molecule has 0 saturated heterocycles. The van der Waals surface area contributed by atoms with Gasteiger partial charge >= 0.3 is 0 Å². The van der Waals surface area contributed by atoms with Crippen molar-refractivity contribution in [2.45, 2.75) is 26.7 Å². The van der Waals surface area contributed by atoms with E-state index in [1.165, 1.54) is 18.4 Å². The number of allylic oxidation sites excluding steroid dienone is 1. The molecule has 52 valence electrons. The first-order chi connectivity index (χ1) is 4.31. The van der Waals surface area contributed by atoms with Crippen molar-refractivity contribution in [3.05, 3.63) is 24.6 Å². The Morgan fingerprint density at radius 3 is 2.78 bits per heavy atom. The third kappa shape index (κ3) is 5.15. The third-order valence-electron chi connectivity index (χ3n) is 1.09. The Morgan fingerprint density at radius 1 is 1.67 bits per heavy atom. The molecule has 0 fully saturated rings. The average Bonchev–Trinajstić information content (AvgIpc) is 1.85. The largest absolute Gasteiger partial charge is 0.368 e. The quantitative estimate of drug-likeness (QED) is 0.608. The van der Waals surface area contributed by atoms with Gasteiger partial charge in [-0.1, -0.05) is 25.5 Å². The average molecular weight is 125 g/mol. The maximum Gasteiger partial charge on any atom is -0.000664 e. The number of hydrogen-bond acceptors (Lipinski definition) is 1. The molecule has 0 bridgehead atoms. The lowest BCUT2D eigenvalue weighted by atomic mass is 10.2. The van der Waals surface area contributed by atoms with Crippen LogP contribution in [0.2, 0.25) is 0 Å². The maximum atomic E-state index is 3.54. The monoisotopic (exact) mass is 125 g/mol. The Balaban J connectivity index is 3.42. The van der Waals surface area contributed by atoms with Crippen molar-refractivity contribution in [1.29, 1.82) is 0 Å². The molecule has 0 aromatic heterocycles. The van der Waals surface area contributed by atoms with Gasteiger partial charge in [0.05, 0.1) is 0 Å². The molecule has 1 N–H and O–H groups in total. The van der Waals surface area contributed by atoms with E-state index in [1.807, 2.05) is 6.20 Å². The summed E-state index contributed by atoms with van der Waals surface area (Å²) in [6, 6.07) is 0. The Hall–Kier alpha value is -0.720. The van der Waals surface area contributed by atoms with Gasteiger partial charge in [-0.05, 0) is 25.7 Å². The topological polar surface area (TPSA) is 12.0 Å².